The Bertz CT molecular complexity index is 1200. The molecule has 0 saturated heterocycles. The maximum atomic E-state index is 14.9. The van der Waals surface area contributed by atoms with E-state index in [0.29, 0.717) is 0 Å². The van der Waals surface area contributed by atoms with Crippen molar-refractivity contribution in [2.75, 3.05) is 42.1 Å². The van der Waals surface area contributed by atoms with Crippen LogP contribution in [0, 0.1) is 12.7 Å². The van der Waals surface area contributed by atoms with E-state index in [1.165, 1.54) is 12.3 Å². The van der Waals surface area contributed by atoms with Gasteiger partial charge in [-0.3, -0.25) is 4.72 Å². The average molecular weight is 514 g/mol. The lowest BCUT2D eigenvalue weighted by molar-refractivity contribution is 0.570. The first kappa shape index (κ1) is 26.7. The van der Waals surface area contributed by atoms with Crippen LogP contribution in [0.1, 0.15) is 5.56 Å². The van der Waals surface area contributed by atoms with E-state index in [2.05, 4.69) is 25.2 Å². The predicted octanol–water partition coefficient (Wildman–Crippen LogP) is 4.80. The molecule has 3 N–H and O–H groups in total. The number of aromatic nitrogens is 1. The molecule has 0 spiro atoms. The van der Waals surface area contributed by atoms with Crippen LogP contribution in [0.4, 0.5) is 27.3 Å². The van der Waals surface area contributed by atoms with E-state index in [0.717, 1.165) is 42.2 Å². The molecule has 178 valence electrons. The molecule has 3 aromatic rings. The van der Waals surface area contributed by atoms with Crippen molar-refractivity contribution in [2.45, 2.75) is 11.8 Å². The van der Waals surface area contributed by atoms with Gasteiger partial charge in [0.2, 0.25) is 0 Å². The highest BCUT2D eigenvalue weighted by Gasteiger charge is 2.22. The van der Waals surface area contributed by atoms with Crippen molar-refractivity contribution in [3.05, 3.63) is 71.1 Å². The second kappa shape index (κ2) is 11.5. The number of sulfonamides is 1. The molecule has 0 saturated carbocycles. The number of hydrogen-bond donors (Lipinski definition) is 3. The Balaban J connectivity index is 0.00000385. The quantitative estimate of drug-likeness (QED) is 0.380. The van der Waals surface area contributed by atoms with Crippen molar-refractivity contribution in [3.8, 4) is 0 Å². The zero-order chi connectivity index (χ0) is 23.3. The van der Waals surface area contributed by atoms with Gasteiger partial charge in [0, 0.05) is 32.4 Å². The summed E-state index contributed by atoms with van der Waals surface area (Å²) in [7, 11) is -0.373. The molecule has 0 fully saturated rings. The van der Waals surface area contributed by atoms with Gasteiger partial charge in [-0.25, -0.2) is 17.8 Å². The van der Waals surface area contributed by atoms with Crippen molar-refractivity contribution in [1.82, 2.24) is 10.3 Å². The first-order chi connectivity index (χ1) is 15.2. The highest BCUT2D eigenvalue weighted by Crippen LogP contribution is 2.34. The lowest BCUT2D eigenvalue weighted by Crippen LogP contribution is -2.27. The summed E-state index contributed by atoms with van der Waals surface area (Å²) in [5.41, 5.74) is 2.96. The second-order valence-electron chi connectivity index (χ2n) is 7.25. The molecule has 7 nitrogen and oxygen atoms in total. The molecule has 11 heteroatoms. The third kappa shape index (κ3) is 6.70. The van der Waals surface area contributed by atoms with Gasteiger partial charge in [0.25, 0.3) is 10.0 Å². The van der Waals surface area contributed by atoms with Crippen LogP contribution in [-0.4, -0.2) is 40.6 Å². The van der Waals surface area contributed by atoms with E-state index in [1.807, 2.05) is 39.2 Å². The molecule has 2 aromatic carbocycles. The van der Waals surface area contributed by atoms with Gasteiger partial charge in [-0.05, 0) is 49.9 Å². The van der Waals surface area contributed by atoms with Gasteiger partial charge in [-0.2, -0.15) is 0 Å². The third-order valence-electron chi connectivity index (χ3n) is 4.75. The number of halogens is 3. The zero-order valence-electron chi connectivity index (χ0n) is 18.4. The highest BCUT2D eigenvalue weighted by molar-refractivity contribution is 7.92. The minimum atomic E-state index is -4.21. The Morgan fingerprint density at radius 1 is 1.12 bits per heavy atom. The first-order valence-electron chi connectivity index (χ1n) is 9.87. The van der Waals surface area contributed by atoms with Crippen molar-refractivity contribution in [2.24, 2.45) is 0 Å². The first-order valence-corrected chi connectivity index (χ1v) is 11.7. The normalized spacial score (nSPS) is 10.9. The fraction of sp³-hybridized carbons (Fsp3) is 0.227. The van der Waals surface area contributed by atoms with Gasteiger partial charge in [-0.1, -0.05) is 23.7 Å². The lowest BCUT2D eigenvalue weighted by atomic mass is 10.1. The van der Waals surface area contributed by atoms with Crippen LogP contribution in [0.5, 0.6) is 0 Å². The van der Waals surface area contributed by atoms with E-state index >= 15 is 0 Å². The van der Waals surface area contributed by atoms with Crippen LogP contribution in [0.15, 0.2) is 59.6 Å². The largest absolute Gasteiger partial charge is 0.372 e. The molecule has 0 radical (unpaired) electrons. The third-order valence-corrected chi connectivity index (χ3v) is 6.43. The number of pyridine rings is 1. The molecular weight excluding hydrogens is 488 g/mol. The number of rotatable bonds is 9. The molecule has 1 heterocycles. The highest BCUT2D eigenvalue weighted by atomic mass is 35.5. The molecule has 1 aromatic heterocycles. The smallest absolute Gasteiger partial charge is 0.266 e. The van der Waals surface area contributed by atoms with E-state index in [9.17, 15) is 12.8 Å². The van der Waals surface area contributed by atoms with Crippen LogP contribution in [0.3, 0.4) is 0 Å². The Morgan fingerprint density at radius 3 is 2.55 bits per heavy atom. The topological polar surface area (TPSA) is 86.4 Å². The number of likely N-dealkylation sites (N-methyl/N-ethyl adjacent to an activating group) is 2. The van der Waals surface area contributed by atoms with E-state index < -0.39 is 20.7 Å². The molecule has 0 atom stereocenters. The van der Waals surface area contributed by atoms with Crippen molar-refractivity contribution < 1.29 is 12.8 Å². The molecule has 0 bridgehead atoms. The molecule has 0 amide bonds. The van der Waals surface area contributed by atoms with E-state index in [-0.39, 0.29) is 28.9 Å². The van der Waals surface area contributed by atoms with Crippen LogP contribution >= 0.6 is 24.0 Å². The van der Waals surface area contributed by atoms with E-state index in [1.54, 1.807) is 12.1 Å². The fourth-order valence-corrected chi connectivity index (χ4v) is 4.42. The minimum absolute atomic E-state index is 0. The second-order valence-corrected chi connectivity index (χ2v) is 9.31. The van der Waals surface area contributed by atoms with Crippen LogP contribution in [-0.2, 0) is 10.0 Å². The van der Waals surface area contributed by atoms with Crippen LogP contribution in [0.25, 0.3) is 0 Å². The van der Waals surface area contributed by atoms with Gasteiger partial charge in [-0.15, -0.1) is 12.4 Å². The SMILES string of the molecule is CNCCN(C)c1cc(C)ccc1Nc1cc(F)c(S(=O)(=O)Nc2ccccn2)cc1Cl.Cl. The van der Waals surface area contributed by atoms with Gasteiger partial charge in [0.15, 0.2) is 0 Å². The molecule has 33 heavy (non-hydrogen) atoms. The Hall–Kier alpha value is -2.59. The predicted molar refractivity (Wildman–Crippen MR) is 135 cm³/mol. The fourth-order valence-electron chi connectivity index (χ4n) is 3.05. The van der Waals surface area contributed by atoms with Gasteiger partial charge in [0.1, 0.15) is 16.5 Å². The summed E-state index contributed by atoms with van der Waals surface area (Å²) in [5, 5.41) is 6.31. The molecular formula is C22H26Cl2FN5O2S. The Morgan fingerprint density at radius 2 is 1.88 bits per heavy atom. The zero-order valence-corrected chi connectivity index (χ0v) is 20.8. The molecule has 0 unspecified atom stereocenters. The van der Waals surface area contributed by atoms with Crippen LogP contribution < -0.4 is 20.3 Å². The van der Waals surface area contributed by atoms with Gasteiger partial charge in [0.05, 0.1) is 22.1 Å². The molecule has 0 aliphatic heterocycles. The number of aryl methyl sites for hydroxylation is 1. The maximum Gasteiger partial charge on any atom is 0.266 e. The van der Waals surface area contributed by atoms with Gasteiger partial charge >= 0.3 is 0 Å². The summed E-state index contributed by atoms with van der Waals surface area (Å²) in [4.78, 5) is 5.40. The Kier molecular flexibility index (Phi) is 9.30. The summed E-state index contributed by atoms with van der Waals surface area (Å²) in [6.45, 7) is 3.53. The number of benzene rings is 2. The van der Waals surface area contributed by atoms with Crippen molar-refractivity contribution in [3.63, 3.8) is 0 Å². The summed E-state index contributed by atoms with van der Waals surface area (Å²) in [6.07, 6.45) is 1.43. The summed E-state index contributed by atoms with van der Waals surface area (Å²) in [5.74, 6) is -0.850. The van der Waals surface area contributed by atoms with Crippen LogP contribution in [0.2, 0.25) is 5.02 Å². The number of anilines is 4. The molecule has 0 aliphatic rings. The van der Waals surface area contributed by atoms with Gasteiger partial charge < -0.3 is 15.5 Å². The summed E-state index contributed by atoms with van der Waals surface area (Å²) < 4.78 is 42.4. The maximum absolute atomic E-state index is 14.9. The van der Waals surface area contributed by atoms with Crippen molar-refractivity contribution in [1.29, 1.82) is 0 Å². The standard InChI is InChI=1S/C22H25ClFN5O2S.ClH/c1-15-7-8-18(20(12-15)29(3)11-10-25-2)27-19-14-17(24)21(13-16(19)23)32(30,31)28-22-6-4-5-9-26-22;/h4-9,12-14,25,27H,10-11H2,1-3H3,(H,26,28);1H. The lowest BCUT2D eigenvalue weighted by Gasteiger charge is -2.24. The monoisotopic (exact) mass is 513 g/mol. The number of nitrogens with zero attached hydrogens (tertiary/aromatic N) is 2. The number of nitrogens with one attached hydrogen (secondary N) is 3. The summed E-state index contributed by atoms with van der Waals surface area (Å²) in [6, 6.07) is 12.7. The number of hydrogen-bond acceptors (Lipinski definition) is 6. The van der Waals surface area contributed by atoms with E-state index in [4.69, 9.17) is 11.6 Å². The molecule has 3 rings (SSSR count). The molecule has 0 aliphatic carbocycles. The minimum Gasteiger partial charge on any atom is -0.372 e. The average Bonchev–Trinajstić information content (AvgIpc) is 2.75. The Labute approximate surface area is 204 Å². The summed E-state index contributed by atoms with van der Waals surface area (Å²) >= 11 is 6.35. The van der Waals surface area contributed by atoms with Crippen molar-refractivity contribution >= 4 is 56.9 Å².